The fraction of sp³-hybridized carbons (Fsp3) is 0.231. The van der Waals surface area contributed by atoms with Crippen molar-refractivity contribution < 1.29 is 9.84 Å². The molecule has 0 radical (unpaired) electrons. The summed E-state index contributed by atoms with van der Waals surface area (Å²) in [7, 11) is 0. The topological polar surface area (TPSA) is 29.5 Å². The highest BCUT2D eigenvalue weighted by atomic mass is 79.9. The second-order valence-electron chi connectivity index (χ2n) is 4.07. The maximum Gasteiger partial charge on any atom is 0.113 e. The minimum atomic E-state index is -0.544. The smallest absolute Gasteiger partial charge is 0.113 e. The third-order valence-corrected chi connectivity index (χ3v) is 4.60. The molecule has 1 atom stereocenters. The Morgan fingerprint density at radius 1 is 1.18 bits per heavy atom. The van der Waals surface area contributed by atoms with Crippen molar-refractivity contribution in [2.45, 2.75) is 19.3 Å². The molecule has 0 fully saturated rings. The highest BCUT2D eigenvalue weighted by molar-refractivity contribution is 9.11. The molecule has 0 saturated heterocycles. The first kappa shape index (κ1) is 11.4. The van der Waals surface area contributed by atoms with Crippen molar-refractivity contribution in [2.24, 2.45) is 0 Å². The van der Waals surface area contributed by atoms with Crippen molar-refractivity contribution >= 4 is 27.3 Å². The Morgan fingerprint density at radius 2 is 2.00 bits per heavy atom. The first-order valence-corrected chi connectivity index (χ1v) is 6.98. The summed E-state index contributed by atoms with van der Waals surface area (Å²) in [5, 5.41) is 10.3. The van der Waals surface area contributed by atoms with Crippen LogP contribution in [0.25, 0.3) is 0 Å². The molecule has 0 aliphatic carbocycles. The molecular weight excluding hydrogens is 300 g/mol. The van der Waals surface area contributed by atoms with E-state index in [-0.39, 0.29) is 0 Å². The molecule has 3 rings (SSSR count). The van der Waals surface area contributed by atoms with Gasteiger partial charge in [-0.15, -0.1) is 11.3 Å². The van der Waals surface area contributed by atoms with Crippen molar-refractivity contribution in [3.8, 4) is 0 Å². The number of hydrogen-bond donors (Lipinski definition) is 1. The molecule has 0 amide bonds. The van der Waals surface area contributed by atoms with Gasteiger partial charge in [-0.25, -0.2) is 0 Å². The van der Waals surface area contributed by atoms with E-state index < -0.39 is 6.10 Å². The van der Waals surface area contributed by atoms with Crippen LogP contribution in [0.15, 0.2) is 34.1 Å². The molecule has 2 nitrogen and oxygen atoms in total. The maximum atomic E-state index is 10.3. The molecule has 0 spiro atoms. The third kappa shape index (κ3) is 2.18. The predicted octanol–water partition coefficient (Wildman–Crippen LogP) is 3.62. The minimum absolute atomic E-state index is 0.544. The van der Waals surface area contributed by atoms with E-state index in [1.54, 1.807) is 11.3 Å². The van der Waals surface area contributed by atoms with Gasteiger partial charge in [0.25, 0.3) is 0 Å². The average molecular weight is 311 g/mol. The van der Waals surface area contributed by atoms with Gasteiger partial charge in [0.15, 0.2) is 0 Å². The van der Waals surface area contributed by atoms with Gasteiger partial charge in [0.1, 0.15) is 6.10 Å². The zero-order valence-electron chi connectivity index (χ0n) is 9.02. The Hall–Kier alpha value is -0.680. The standard InChI is InChI=1S/C13H11BrO2S/c14-12-4-3-11(17-12)13(15)8-1-2-9-6-16-7-10(9)5-8/h1-5,13,15H,6-7H2. The summed E-state index contributed by atoms with van der Waals surface area (Å²) in [5.41, 5.74) is 3.36. The number of hydrogen-bond acceptors (Lipinski definition) is 3. The SMILES string of the molecule is OC(c1ccc2c(c1)COC2)c1ccc(Br)s1. The second-order valence-corrected chi connectivity index (χ2v) is 6.56. The Morgan fingerprint density at radius 3 is 2.76 bits per heavy atom. The largest absolute Gasteiger partial charge is 0.383 e. The van der Waals surface area contributed by atoms with E-state index in [1.165, 1.54) is 11.1 Å². The molecule has 1 aromatic heterocycles. The van der Waals surface area contributed by atoms with Crippen LogP contribution in [0.2, 0.25) is 0 Å². The van der Waals surface area contributed by atoms with Crippen molar-refractivity contribution in [1.82, 2.24) is 0 Å². The fourth-order valence-corrected chi connectivity index (χ4v) is 3.44. The van der Waals surface area contributed by atoms with Crippen LogP contribution in [0.1, 0.15) is 27.7 Å². The highest BCUT2D eigenvalue weighted by Gasteiger charge is 2.17. The summed E-state index contributed by atoms with van der Waals surface area (Å²) >= 11 is 4.97. The van der Waals surface area contributed by atoms with Gasteiger partial charge in [-0.2, -0.15) is 0 Å². The van der Waals surface area contributed by atoms with Crippen LogP contribution < -0.4 is 0 Å². The number of ether oxygens (including phenoxy) is 1. The monoisotopic (exact) mass is 310 g/mol. The van der Waals surface area contributed by atoms with E-state index in [0.717, 1.165) is 14.2 Å². The normalized spacial score (nSPS) is 15.9. The number of rotatable bonds is 2. The van der Waals surface area contributed by atoms with Gasteiger partial charge in [0, 0.05) is 4.88 Å². The zero-order chi connectivity index (χ0) is 11.8. The maximum absolute atomic E-state index is 10.3. The summed E-state index contributed by atoms with van der Waals surface area (Å²) in [5.74, 6) is 0. The molecule has 1 N–H and O–H groups in total. The molecule has 1 aliphatic heterocycles. The van der Waals surface area contributed by atoms with Crippen LogP contribution in [0, 0.1) is 0 Å². The van der Waals surface area contributed by atoms with Crippen molar-refractivity contribution in [1.29, 1.82) is 0 Å². The number of aliphatic hydroxyl groups excluding tert-OH is 1. The number of thiophene rings is 1. The summed E-state index contributed by atoms with van der Waals surface area (Å²) in [6, 6.07) is 9.97. The molecule has 2 aromatic rings. The van der Waals surface area contributed by atoms with Crippen molar-refractivity contribution in [3.05, 3.63) is 55.7 Å². The number of fused-ring (bicyclic) bond motifs is 1. The van der Waals surface area contributed by atoms with Crippen molar-refractivity contribution in [3.63, 3.8) is 0 Å². The summed E-state index contributed by atoms with van der Waals surface area (Å²) in [6.07, 6.45) is -0.544. The van der Waals surface area contributed by atoms with E-state index in [1.807, 2.05) is 30.3 Å². The lowest BCUT2D eigenvalue weighted by molar-refractivity contribution is 0.134. The lowest BCUT2D eigenvalue weighted by atomic mass is 10.0. The van der Waals surface area contributed by atoms with E-state index in [4.69, 9.17) is 4.74 Å². The van der Waals surface area contributed by atoms with E-state index in [2.05, 4.69) is 15.9 Å². The molecule has 1 aliphatic rings. The number of halogens is 1. The summed E-state index contributed by atoms with van der Waals surface area (Å²) < 4.78 is 6.41. The number of aliphatic hydroxyl groups is 1. The van der Waals surface area contributed by atoms with Crippen LogP contribution in [-0.4, -0.2) is 5.11 Å². The van der Waals surface area contributed by atoms with Gasteiger partial charge in [-0.3, -0.25) is 0 Å². The second kappa shape index (κ2) is 4.53. The molecule has 17 heavy (non-hydrogen) atoms. The van der Waals surface area contributed by atoms with E-state index >= 15 is 0 Å². The Balaban J connectivity index is 1.94. The van der Waals surface area contributed by atoms with Crippen molar-refractivity contribution in [2.75, 3.05) is 0 Å². The van der Waals surface area contributed by atoms with E-state index in [0.29, 0.717) is 13.2 Å². The molecule has 0 bridgehead atoms. The quantitative estimate of drug-likeness (QED) is 0.918. The van der Waals surface area contributed by atoms with Gasteiger partial charge >= 0.3 is 0 Å². The van der Waals surface area contributed by atoms with Gasteiger partial charge in [-0.1, -0.05) is 18.2 Å². The molecule has 0 saturated carbocycles. The van der Waals surface area contributed by atoms with Crippen LogP contribution in [0.3, 0.4) is 0 Å². The molecule has 2 heterocycles. The van der Waals surface area contributed by atoms with Crippen LogP contribution in [0.5, 0.6) is 0 Å². The fourth-order valence-electron chi connectivity index (χ4n) is 2.00. The zero-order valence-corrected chi connectivity index (χ0v) is 11.4. The summed E-state index contributed by atoms with van der Waals surface area (Å²) in [6.45, 7) is 1.35. The number of benzene rings is 1. The Bertz CT molecular complexity index is 550. The van der Waals surface area contributed by atoms with Crippen LogP contribution >= 0.6 is 27.3 Å². The Kier molecular flexibility index (Phi) is 3.04. The molecule has 1 unspecified atom stereocenters. The molecule has 88 valence electrons. The van der Waals surface area contributed by atoms with Gasteiger partial charge in [0.2, 0.25) is 0 Å². The van der Waals surface area contributed by atoms with Gasteiger partial charge in [-0.05, 0) is 44.8 Å². The first-order valence-electron chi connectivity index (χ1n) is 5.37. The van der Waals surface area contributed by atoms with Gasteiger partial charge in [0.05, 0.1) is 17.0 Å². The van der Waals surface area contributed by atoms with E-state index in [9.17, 15) is 5.11 Å². The first-order chi connectivity index (χ1) is 8.24. The average Bonchev–Trinajstić information content (AvgIpc) is 2.95. The highest BCUT2D eigenvalue weighted by Crippen LogP contribution is 2.32. The van der Waals surface area contributed by atoms with Gasteiger partial charge < -0.3 is 9.84 Å². The van der Waals surface area contributed by atoms with Crippen LogP contribution in [-0.2, 0) is 18.0 Å². The molecule has 4 heteroatoms. The van der Waals surface area contributed by atoms with Crippen LogP contribution in [0.4, 0.5) is 0 Å². The lowest BCUT2D eigenvalue weighted by Gasteiger charge is -2.10. The minimum Gasteiger partial charge on any atom is -0.383 e. The molecule has 1 aromatic carbocycles. The molecular formula is C13H11BrO2S. The third-order valence-electron chi connectivity index (χ3n) is 2.92. The predicted molar refractivity (Wildman–Crippen MR) is 71.0 cm³/mol. The lowest BCUT2D eigenvalue weighted by Crippen LogP contribution is -1.98. The summed E-state index contributed by atoms with van der Waals surface area (Å²) in [4.78, 5) is 0.954. The Labute approximate surface area is 112 Å².